The van der Waals surface area contributed by atoms with Crippen LogP contribution in [0, 0.1) is 0 Å². The Hall–Kier alpha value is -2.00. The van der Waals surface area contributed by atoms with Crippen molar-refractivity contribution >= 4 is 27.6 Å². The van der Waals surface area contributed by atoms with Crippen molar-refractivity contribution in [2.45, 2.75) is 0 Å². The van der Waals surface area contributed by atoms with Gasteiger partial charge in [-0.05, 0) is 18.2 Å². The standard InChI is InChI=1S/C12H9NO2/c14-13-9-5-3-7-11-12(9)8-4-1-2-6-10(8)15-11/h1-7,13-14H. The summed E-state index contributed by atoms with van der Waals surface area (Å²) in [4.78, 5) is 0. The predicted molar refractivity (Wildman–Crippen MR) is 59.1 cm³/mol. The smallest absolute Gasteiger partial charge is 0.137 e. The molecule has 0 saturated heterocycles. The van der Waals surface area contributed by atoms with Gasteiger partial charge in [0.25, 0.3) is 0 Å². The first-order valence-corrected chi connectivity index (χ1v) is 4.70. The van der Waals surface area contributed by atoms with Crippen LogP contribution in [0.2, 0.25) is 0 Å². The number of rotatable bonds is 1. The summed E-state index contributed by atoms with van der Waals surface area (Å²) in [5.74, 6) is 0. The number of benzene rings is 2. The second kappa shape index (κ2) is 3.00. The predicted octanol–water partition coefficient (Wildman–Crippen LogP) is 3.39. The lowest BCUT2D eigenvalue weighted by molar-refractivity contribution is 0.390. The van der Waals surface area contributed by atoms with Gasteiger partial charge in [-0.3, -0.25) is 10.7 Å². The molecule has 3 heteroatoms. The molecule has 74 valence electrons. The van der Waals surface area contributed by atoms with E-state index in [9.17, 15) is 0 Å². The van der Waals surface area contributed by atoms with Crippen LogP contribution in [-0.4, -0.2) is 5.21 Å². The summed E-state index contributed by atoms with van der Waals surface area (Å²) >= 11 is 0. The summed E-state index contributed by atoms with van der Waals surface area (Å²) < 4.78 is 5.64. The molecule has 3 nitrogen and oxygen atoms in total. The molecule has 2 aromatic carbocycles. The van der Waals surface area contributed by atoms with Crippen LogP contribution in [0.3, 0.4) is 0 Å². The highest BCUT2D eigenvalue weighted by molar-refractivity contribution is 6.11. The molecule has 0 aliphatic heterocycles. The molecular weight excluding hydrogens is 190 g/mol. The molecule has 0 fully saturated rings. The minimum atomic E-state index is 0.664. The van der Waals surface area contributed by atoms with E-state index in [0.29, 0.717) is 5.69 Å². The molecule has 2 N–H and O–H groups in total. The summed E-state index contributed by atoms with van der Waals surface area (Å²) in [6.07, 6.45) is 0. The van der Waals surface area contributed by atoms with E-state index in [1.807, 2.05) is 42.5 Å². The molecule has 1 heterocycles. The number of hydrogen-bond acceptors (Lipinski definition) is 3. The SMILES string of the molecule is ONc1cccc2oc3ccccc3c12. The Balaban J connectivity index is 2.56. The number of fused-ring (bicyclic) bond motifs is 3. The summed E-state index contributed by atoms with van der Waals surface area (Å²) in [6.45, 7) is 0. The molecule has 0 atom stereocenters. The fourth-order valence-corrected chi connectivity index (χ4v) is 1.87. The van der Waals surface area contributed by atoms with E-state index in [0.717, 1.165) is 21.9 Å². The molecule has 0 amide bonds. The largest absolute Gasteiger partial charge is 0.456 e. The van der Waals surface area contributed by atoms with E-state index in [2.05, 4.69) is 5.48 Å². The molecule has 3 rings (SSSR count). The van der Waals surface area contributed by atoms with Crippen LogP contribution < -0.4 is 5.48 Å². The molecule has 0 spiro atoms. The number of nitrogens with one attached hydrogen (secondary N) is 1. The zero-order valence-corrected chi connectivity index (χ0v) is 7.90. The van der Waals surface area contributed by atoms with E-state index in [-0.39, 0.29) is 0 Å². The molecule has 3 aromatic rings. The van der Waals surface area contributed by atoms with Gasteiger partial charge in [0.15, 0.2) is 0 Å². The van der Waals surface area contributed by atoms with Crippen molar-refractivity contribution in [1.82, 2.24) is 0 Å². The van der Waals surface area contributed by atoms with Gasteiger partial charge in [0, 0.05) is 5.39 Å². The summed E-state index contributed by atoms with van der Waals surface area (Å²) in [5.41, 5.74) is 4.45. The average molecular weight is 199 g/mol. The maximum atomic E-state index is 9.02. The van der Waals surface area contributed by atoms with E-state index in [4.69, 9.17) is 9.62 Å². The lowest BCUT2D eigenvalue weighted by Gasteiger charge is -1.98. The van der Waals surface area contributed by atoms with Crippen molar-refractivity contribution in [1.29, 1.82) is 0 Å². The third kappa shape index (κ3) is 1.10. The van der Waals surface area contributed by atoms with Crippen molar-refractivity contribution in [3.63, 3.8) is 0 Å². The van der Waals surface area contributed by atoms with Crippen LogP contribution >= 0.6 is 0 Å². The average Bonchev–Trinajstić information content (AvgIpc) is 2.67. The zero-order chi connectivity index (χ0) is 10.3. The van der Waals surface area contributed by atoms with Crippen LogP contribution in [0.5, 0.6) is 0 Å². The molecule has 15 heavy (non-hydrogen) atoms. The van der Waals surface area contributed by atoms with Crippen LogP contribution in [-0.2, 0) is 0 Å². The van der Waals surface area contributed by atoms with Crippen molar-refractivity contribution in [2.75, 3.05) is 5.48 Å². The molecule has 0 aliphatic carbocycles. The van der Waals surface area contributed by atoms with Gasteiger partial charge in [-0.1, -0.05) is 24.3 Å². The molecule has 0 aliphatic rings. The van der Waals surface area contributed by atoms with Crippen LogP contribution in [0.15, 0.2) is 46.9 Å². The quantitative estimate of drug-likeness (QED) is 0.590. The molecule has 0 saturated carbocycles. The third-order valence-electron chi connectivity index (χ3n) is 2.52. The molecular formula is C12H9NO2. The highest BCUT2D eigenvalue weighted by atomic mass is 16.5. The van der Waals surface area contributed by atoms with Crippen molar-refractivity contribution in [3.05, 3.63) is 42.5 Å². The molecule has 1 aromatic heterocycles. The minimum Gasteiger partial charge on any atom is -0.456 e. The zero-order valence-electron chi connectivity index (χ0n) is 7.90. The summed E-state index contributed by atoms with van der Waals surface area (Å²) in [7, 11) is 0. The molecule has 0 bridgehead atoms. The maximum absolute atomic E-state index is 9.02. The molecule has 0 unspecified atom stereocenters. The summed E-state index contributed by atoms with van der Waals surface area (Å²) in [6, 6.07) is 13.3. The number of furan rings is 1. The Bertz CT molecular complexity index is 628. The number of anilines is 1. The van der Waals surface area contributed by atoms with E-state index in [1.165, 1.54) is 0 Å². The first-order chi connectivity index (χ1) is 7.40. The Morgan fingerprint density at radius 3 is 2.60 bits per heavy atom. The monoisotopic (exact) mass is 199 g/mol. The normalized spacial score (nSPS) is 11.0. The van der Waals surface area contributed by atoms with Gasteiger partial charge in [0.2, 0.25) is 0 Å². The van der Waals surface area contributed by atoms with Crippen LogP contribution in [0.25, 0.3) is 21.9 Å². The van der Waals surface area contributed by atoms with Gasteiger partial charge >= 0.3 is 0 Å². The van der Waals surface area contributed by atoms with Gasteiger partial charge in [-0.25, -0.2) is 0 Å². The Morgan fingerprint density at radius 1 is 0.933 bits per heavy atom. The number of hydrogen-bond donors (Lipinski definition) is 2. The van der Waals surface area contributed by atoms with Gasteiger partial charge in [0.05, 0.1) is 11.1 Å². The van der Waals surface area contributed by atoms with Gasteiger partial charge < -0.3 is 4.42 Å². The highest BCUT2D eigenvalue weighted by Crippen LogP contribution is 2.33. The van der Waals surface area contributed by atoms with Gasteiger partial charge in [-0.15, -0.1) is 0 Å². The topological polar surface area (TPSA) is 45.4 Å². The van der Waals surface area contributed by atoms with Crippen LogP contribution in [0.4, 0.5) is 5.69 Å². The highest BCUT2D eigenvalue weighted by Gasteiger charge is 2.09. The first-order valence-electron chi connectivity index (χ1n) is 4.70. The van der Waals surface area contributed by atoms with Crippen LogP contribution in [0.1, 0.15) is 0 Å². The van der Waals surface area contributed by atoms with Crippen molar-refractivity contribution in [3.8, 4) is 0 Å². The fourth-order valence-electron chi connectivity index (χ4n) is 1.87. The second-order valence-corrected chi connectivity index (χ2v) is 3.39. The lowest BCUT2D eigenvalue weighted by atomic mass is 10.1. The fraction of sp³-hybridized carbons (Fsp3) is 0. The maximum Gasteiger partial charge on any atom is 0.137 e. The Kier molecular flexibility index (Phi) is 1.66. The van der Waals surface area contributed by atoms with E-state index < -0.39 is 0 Å². The molecule has 0 radical (unpaired) electrons. The van der Waals surface area contributed by atoms with Gasteiger partial charge in [-0.2, -0.15) is 0 Å². The van der Waals surface area contributed by atoms with E-state index in [1.54, 1.807) is 0 Å². The second-order valence-electron chi connectivity index (χ2n) is 3.39. The Labute approximate surface area is 85.9 Å². The lowest BCUT2D eigenvalue weighted by Crippen LogP contribution is -1.88. The first kappa shape index (κ1) is 8.32. The number of para-hydroxylation sites is 1. The summed E-state index contributed by atoms with van der Waals surface area (Å²) in [5, 5.41) is 10.9. The third-order valence-corrected chi connectivity index (χ3v) is 2.52. The minimum absolute atomic E-state index is 0.664. The Morgan fingerprint density at radius 2 is 1.73 bits per heavy atom. The van der Waals surface area contributed by atoms with Gasteiger partial charge in [0.1, 0.15) is 11.2 Å². The van der Waals surface area contributed by atoms with Crippen molar-refractivity contribution in [2.24, 2.45) is 0 Å². The van der Waals surface area contributed by atoms with Crippen molar-refractivity contribution < 1.29 is 9.62 Å². The van der Waals surface area contributed by atoms with E-state index >= 15 is 0 Å².